The third-order valence-corrected chi connectivity index (χ3v) is 4.39. The number of aliphatic carboxylic acids is 1. The second kappa shape index (κ2) is 6.59. The first-order valence-electron chi connectivity index (χ1n) is 5.86. The summed E-state index contributed by atoms with van der Waals surface area (Å²) >= 11 is 0. The van der Waals surface area contributed by atoms with Gasteiger partial charge in [-0.25, -0.2) is 12.8 Å². The number of carboxylic acid groups (broad SMARTS) is 1. The average molecular weight is 320 g/mol. The van der Waals surface area contributed by atoms with E-state index in [1.165, 1.54) is 0 Å². The molecule has 0 aliphatic rings. The lowest BCUT2D eigenvalue weighted by molar-refractivity contribution is -0.385. The van der Waals surface area contributed by atoms with Gasteiger partial charge in [0.1, 0.15) is 17.3 Å². The van der Waals surface area contributed by atoms with Crippen molar-refractivity contribution in [2.75, 3.05) is 13.1 Å². The van der Waals surface area contributed by atoms with E-state index in [-0.39, 0.29) is 6.54 Å². The maximum Gasteiger partial charge on any atom is 0.318 e. The minimum absolute atomic E-state index is 0.142. The summed E-state index contributed by atoms with van der Waals surface area (Å²) < 4.78 is 38.8. The van der Waals surface area contributed by atoms with Gasteiger partial charge in [-0.1, -0.05) is 6.92 Å². The van der Waals surface area contributed by atoms with Crippen LogP contribution in [-0.4, -0.2) is 41.8 Å². The average Bonchev–Trinajstić information content (AvgIpc) is 2.37. The predicted molar refractivity (Wildman–Crippen MR) is 69.7 cm³/mol. The minimum Gasteiger partial charge on any atom is -0.480 e. The number of non-ortho nitro benzene ring substituents is 1. The van der Waals surface area contributed by atoms with E-state index in [2.05, 4.69) is 0 Å². The van der Waals surface area contributed by atoms with E-state index in [1.807, 2.05) is 0 Å². The van der Waals surface area contributed by atoms with Gasteiger partial charge in [0.05, 0.1) is 4.92 Å². The summed E-state index contributed by atoms with van der Waals surface area (Å²) in [5.41, 5.74) is -0.596. The molecule has 1 aromatic rings. The molecular weight excluding hydrogens is 307 g/mol. The zero-order valence-electron chi connectivity index (χ0n) is 11.0. The third kappa shape index (κ3) is 3.95. The van der Waals surface area contributed by atoms with Crippen LogP contribution in [-0.2, 0) is 14.8 Å². The lowest BCUT2D eigenvalue weighted by Crippen LogP contribution is -2.36. The van der Waals surface area contributed by atoms with Gasteiger partial charge in [-0.15, -0.1) is 0 Å². The van der Waals surface area contributed by atoms with Crippen molar-refractivity contribution in [1.82, 2.24) is 4.31 Å². The largest absolute Gasteiger partial charge is 0.480 e. The van der Waals surface area contributed by atoms with Crippen molar-refractivity contribution in [2.45, 2.75) is 18.2 Å². The Kier molecular flexibility index (Phi) is 5.33. The highest BCUT2D eigenvalue weighted by Crippen LogP contribution is 2.24. The Balaban J connectivity index is 3.36. The highest BCUT2D eigenvalue weighted by molar-refractivity contribution is 7.89. The quantitative estimate of drug-likeness (QED) is 0.596. The van der Waals surface area contributed by atoms with Crippen molar-refractivity contribution in [3.8, 4) is 0 Å². The minimum atomic E-state index is -4.47. The van der Waals surface area contributed by atoms with E-state index < -0.39 is 43.9 Å². The number of sulfonamides is 1. The molecule has 0 saturated heterocycles. The predicted octanol–water partition coefficient (Wildman–Crippen LogP) is 1.22. The number of nitro benzene ring substituents is 1. The van der Waals surface area contributed by atoms with Crippen LogP contribution in [0, 0.1) is 15.9 Å². The smallest absolute Gasteiger partial charge is 0.318 e. The second-order valence-electron chi connectivity index (χ2n) is 4.10. The maximum absolute atomic E-state index is 13.7. The number of hydrogen-bond donors (Lipinski definition) is 1. The molecule has 1 N–H and O–H groups in total. The number of carboxylic acids is 1. The molecule has 0 aliphatic heterocycles. The summed E-state index contributed by atoms with van der Waals surface area (Å²) in [4.78, 5) is 19.6. The van der Waals surface area contributed by atoms with Gasteiger partial charge in [0, 0.05) is 18.7 Å². The fourth-order valence-corrected chi connectivity index (χ4v) is 3.19. The Morgan fingerprint density at radius 2 is 2.10 bits per heavy atom. The Morgan fingerprint density at radius 1 is 1.48 bits per heavy atom. The van der Waals surface area contributed by atoms with Gasteiger partial charge < -0.3 is 5.11 Å². The first-order chi connectivity index (χ1) is 9.70. The lowest BCUT2D eigenvalue weighted by Gasteiger charge is -2.19. The van der Waals surface area contributed by atoms with E-state index in [1.54, 1.807) is 6.92 Å². The van der Waals surface area contributed by atoms with Crippen LogP contribution in [0.1, 0.15) is 13.3 Å². The summed E-state index contributed by atoms with van der Waals surface area (Å²) in [6.45, 7) is 0.628. The van der Waals surface area contributed by atoms with Crippen LogP contribution in [0.4, 0.5) is 10.1 Å². The summed E-state index contributed by atoms with van der Waals surface area (Å²) in [5.74, 6) is -2.58. The zero-order valence-corrected chi connectivity index (χ0v) is 11.8. The summed E-state index contributed by atoms with van der Waals surface area (Å²) in [6, 6.07) is 2.07. The number of nitrogens with zero attached hydrogens (tertiary/aromatic N) is 2. The van der Waals surface area contributed by atoms with Crippen LogP contribution >= 0.6 is 0 Å². The number of carbonyl (C=O) groups is 1. The van der Waals surface area contributed by atoms with E-state index >= 15 is 0 Å². The Hall–Kier alpha value is -2.07. The van der Waals surface area contributed by atoms with Gasteiger partial charge in [0.25, 0.3) is 5.69 Å². The van der Waals surface area contributed by atoms with Crippen LogP contribution in [0.25, 0.3) is 0 Å². The number of nitro groups is 1. The molecule has 0 saturated carbocycles. The Bertz CT molecular complexity index is 661. The summed E-state index contributed by atoms with van der Waals surface area (Å²) in [5, 5.41) is 19.4. The molecule has 0 fully saturated rings. The normalized spacial score (nSPS) is 11.6. The van der Waals surface area contributed by atoms with Gasteiger partial charge in [-0.3, -0.25) is 14.9 Å². The SMILES string of the molecule is CCCN(CC(=O)O)S(=O)(=O)c1cc([N+](=O)[O-])ccc1F. The van der Waals surface area contributed by atoms with Gasteiger partial charge in [0.2, 0.25) is 10.0 Å². The van der Waals surface area contributed by atoms with Crippen molar-refractivity contribution in [3.63, 3.8) is 0 Å². The van der Waals surface area contributed by atoms with Crippen LogP contribution in [0.2, 0.25) is 0 Å². The van der Waals surface area contributed by atoms with Crippen molar-refractivity contribution >= 4 is 21.7 Å². The van der Waals surface area contributed by atoms with E-state index in [9.17, 15) is 27.7 Å². The molecule has 0 amide bonds. The van der Waals surface area contributed by atoms with Crippen molar-refractivity contribution < 1.29 is 27.6 Å². The Labute approximate surface area is 120 Å². The fraction of sp³-hybridized carbons (Fsp3) is 0.364. The second-order valence-corrected chi connectivity index (χ2v) is 6.01. The van der Waals surface area contributed by atoms with E-state index in [0.29, 0.717) is 22.9 Å². The zero-order chi connectivity index (χ0) is 16.2. The van der Waals surface area contributed by atoms with E-state index in [4.69, 9.17) is 5.11 Å². The summed E-state index contributed by atoms with van der Waals surface area (Å²) in [7, 11) is -4.47. The van der Waals surface area contributed by atoms with Crippen LogP contribution in [0.3, 0.4) is 0 Å². The lowest BCUT2D eigenvalue weighted by atomic mass is 10.3. The van der Waals surface area contributed by atoms with E-state index in [0.717, 1.165) is 6.07 Å². The van der Waals surface area contributed by atoms with Gasteiger partial charge in [-0.05, 0) is 12.5 Å². The van der Waals surface area contributed by atoms with Gasteiger partial charge in [0.15, 0.2) is 0 Å². The molecule has 0 spiro atoms. The molecule has 0 bridgehead atoms. The molecule has 21 heavy (non-hydrogen) atoms. The molecule has 1 rings (SSSR count). The molecule has 0 radical (unpaired) electrons. The number of hydrogen-bond acceptors (Lipinski definition) is 5. The maximum atomic E-state index is 13.7. The number of benzene rings is 1. The first-order valence-corrected chi connectivity index (χ1v) is 7.30. The van der Waals surface area contributed by atoms with Crippen molar-refractivity contribution in [2.24, 2.45) is 0 Å². The standard InChI is InChI=1S/C11H13FN2O6S/c1-2-5-13(7-11(15)16)21(19,20)10-6-8(14(17)18)3-4-9(10)12/h3-4,6H,2,5,7H2,1H3,(H,15,16). The van der Waals surface area contributed by atoms with Crippen molar-refractivity contribution in [1.29, 1.82) is 0 Å². The monoisotopic (exact) mass is 320 g/mol. The van der Waals surface area contributed by atoms with Crippen molar-refractivity contribution in [3.05, 3.63) is 34.1 Å². The molecule has 8 nitrogen and oxygen atoms in total. The van der Waals surface area contributed by atoms with Gasteiger partial charge >= 0.3 is 5.97 Å². The highest BCUT2D eigenvalue weighted by Gasteiger charge is 2.30. The molecule has 10 heteroatoms. The third-order valence-electron chi connectivity index (χ3n) is 2.53. The molecule has 0 aliphatic carbocycles. The summed E-state index contributed by atoms with van der Waals surface area (Å²) in [6.07, 6.45) is 0.309. The van der Waals surface area contributed by atoms with Crippen LogP contribution in [0.5, 0.6) is 0 Å². The number of rotatable bonds is 7. The molecule has 0 atom stereocenters. The molecule has 0 unspecified atom stereocenters. The fourth-order valence-electron chi connectivity index (χ4n) is 1.63. The van der Waals surface area contributed by atoms with Gasteiger partial charge in [-0.2, -0.15) is 4.31 Å². The first kappa shape index (κ1) is 17.0. The molecule has 0 aromatic heterocycles. The number of halogens is 1. The Morgan fingerprint density at radius 3 is 2.57 bits per heavy atom. The van der Waals surface area contributed by atoms with Crippen LogP contribution < -0.4 is 0 Å². The highest BCUT2D eigenvalue weighted by atomic mass is 32.2. The molecule has 0 heterocycles. The molecular formula is C11H13FN2O6S. The van der Waals surface area contributed by atoms with Crippen LogP contribution in [0.15, 0.2) is 23.1 Å². The topological polar surface area (TPSA) is 118 Å². The molecule has 116 valence electrons. The molecule has 1 aromatic carbocycles.